The van der Waals surface area contributed by atoms with E-state index in [1.165, 1.54) is 17.2 Å². The molecule has 3 aromatic carbocycles. The number of rotatable bonds is 15. The number of carbonyl (C=O) groups excluding carboxylic acids is 1. The predicted molar refractivity (Wildman–Crippen MR) is 172 cm³/mol. The molecule has 0 unspecified atom stereocenters. The van der Waals surface area contributed by atoms with Crippen LogP contribution in [0.1, 0.15) is 89.5 Å². The van der Waals surface area contributed by atoms with Gasteiger partial charge in [0.25, 0.3) is 5.69 Å². The second kappa shape index (κ2) is 14.8. The Balaban J connectivity index is 1.71. The summed E-state index contributed by atoms with van der Waals surface area (Å²) in [6.45, 7) is 14.6. The van der Waals surface area contributed by atoms with E-state index in [0.717, 1.165) is 30.6 Å². The van der Waals surface area contributed by atoms with E-state index < -0.39 is 4.92 Å². The van der Waals surface area contributed by atoms with Crippen LogP contribution in [0, 0.1) is 10.1 Å². The summed E-state index contributed by atoms with van der Waals surface area (Å²) in [4.78, 5) is 26.1. The highest BCUT2D eigenvalue weighted by Crippen LogP contribution is 2.38. The Hall–Kier alpha value is -3.93. The minimum absolute atomic E-state index is 0.0198. The summed E-state index contributed by atoms with van der Waals surface area (Å²) in [5.74, 6) is 0.732. The van der Waals surface area contributed by atoms with E-state index in [1.807, 2.05) is 30.3 Å². The number of nitrogens with zero attached hydrogens (tertiary/aromatic N) is 2. The van der Waals surface area contributed by atoms with Crippen molar-refractivity contribution in [3.8, 4) is 5.75 Å². The zero-order valence-corrected chi connectivity index (χ0v) is 26.1. The Morgan fingerprint density at radius 2 is 1.57 bits per heavy atom. The van der Waals surface area contributed by atoms with Gasteiger partial charge in [-0.3, -0.25) is 14.9 Å². The molecule has 0 aliphatic carbocycles. The molecule has 0 heterocycles. The fraction of sp³-hybridized carbons (Fsp3) is 0.417. The number of carbonyl (C=O) groups is 1. The summed E-state index contributed by atoms with van der Waals surface area (Å²) in [6, 6.07) is 22.8. The van der Waals surface area contributed by atoms with Gasteiger partial charge in [0.05, 0.1) is 18.1 Å². The summed E-state index contributed by atoms with van der Waals surface area (Å²) < 4.78 is 6.34. The van der Waals surface area contributed by atoms with Crippen molar-refractivity contribution in [2.75, 3.05) is 13.2 Å². The van der Waals surface area contributed by atoms with Gasteiger partial charge in [-0.2, -0.15) is 0 Å². The molecule has 0 atom stereocenters. The molecule has 0 aliphatic rings. The highest BCUT2D eigenvalue weighted by Gasteiger charge is 2.26. The third kappa shape index (κ3) is 8.78. The molecule has 1 amide bonds. The Morgan fingerprint density at radius 1 is 0.905 bits per heavy atom. The maximum Gasteiger partial charge on any atom is 0.274 e. The number of ether oxygens (including phenoxy) is 1. The van der Waals surface area contributed by atoms with E-state index in [0.29, 0.717) is 25.1 Å². The predicted octanol–water partition coefficient (Wildman–Crippen LogP) is 8.87. The Kier molecular flexibility index (Phi) is 11.5. The van der Waals surface area contributed by atoms with Crippen molar-refractivity contribution in [3.05, 3.63) is 111 Å². The van der Waals surface area contributed by atoms with E-state index in [9.17, 15) is 14.9 Å². The molecular weight excluding hydrogens is 524 g/mol. The van der Waals surface area contributed by atoms with Crippen molar-refractivity contribution < 1.29 is 14.5 Å². The molecule has 0 aromatic heterocycles. The van der Waals surface area contributed by atoms with E-state index >= 15 is 0 Å². The van der Waals surface area contributed by atoms with E-state index in [2.05, 4.69) is 59.7 Å². The molecule has 0 spiro atoms. The van der Waals surface area contributed by atoms with Crippen molar-refractivity contribution in [2.24, 2.45) is 0 Å². The topological polar surface area (TPSA) is 72.7 Å². The molecule has 224 valence electrons. The number of unbranched alkanes of at least 4 members (excludes halogenated alkanes) is 1. The molecule has 0 saturated carbocycles. The second-order valence-electron chi connectivity index (χ2n) is 12.1. The van der Waals surface area contributed by atoms with Gasteiger partial charge in [0.1, 0.15) is 5.75 Å². The molecule has 0 radical (unpaired) electrons. The van der Waals surface area contributed by atoms with Crippen molar-refractivity contribution in [2.45, 2.75) is 84.6 Å². The number of hydrogen-bond acceptors (Lipinski definition) is 4. The largest absolute Gasteiger partial charge is 0.493 e. The van der Waals surface area contributed by atoms with Gasteiger partial charge in [0.15, 0.2) is 0 Å². The molecular formula is C36H46N2O4. The first kappa shape index (κ1) is 32.6. The van der Waals surface area contributed by atoms with Crippen LogP contribution in [0.3, 0.4) is 0 Å². The number of benzene rings is 3. The zero-order valence-electron chi connectivity index (χ0n) is 26.1. The smallest absolute Gasteiger partial charge is 0.274 e. The lowest BCUT2D eigenvalue weighted by Gasteiger charge is -2.30. The average Bonchev–Trinajstić information content (AvgIpc) is 2.99. The van der Waals surface area contributed by atoms with Gasteiger partial charge in [0.2, 0.25) is 5.91 Å². The standard InChI is InChI=1S/C36H46N2O4/c1-7-35(3,4)30-21-22-33(31(26-30)36(5,6)8-2)42-25-15-14-24-37(27-29-18-12-13-19-32(29)38(40)41)34(39)23-20-28-16-10-9-11-17-28/h9-13,16-23,26H,7-8,14-15,24-25,27H2,1-6H3/b23-20+. The first-order valence-electron chi connectivity index (χ1n) is 15.0. The van der Waals surface area contributed by atoms with Gasteiger partial charge >= 0.3 is 0 Å². The molecule has 0 aliphatic heterocycles. The zero-order chi connectivity index (χ0) is 30.8. The maximum atomic E-state index is 13.3. The molecule has 0 bridgehead atoms. The Labute approximate surface area is 251 Å². The lowest BCUT2D eigenvalue weighted by molar-refractivity contribution is -0.385. The lowest BCUT2D eigenvalue weighted by atomic mass is 9.76. The van der Waals surface area contributed by atoms with Gasteiger partial charge in [0, 0.05) is 29.8 Å². The van der Waals surface area contributed by atoms with Crippen molar-refractivity contribution >= 4 is 17.7 Å². The van der Waals surface area contributed by atoms with Crippen LogP contribution in [0.5, 0.6) is 5.75 Å². The number of amides is 1. The van der Waals surface area contributed by atoms with Crippen LogP contribution in [0.4, 0.5) is 5.69 Å². The monoisotopic (exact) mass is 570 g/mol. The molecule has 0 saturated heterocycles. The lowest BCUT2D eigenvalue weighted by Crippen LogP contribution is -2.30. The van der Waals surface area contributed by atoms with Gasteiger partial charge in [-0.25, -0.2) is 0 Å². The van der Waals surface area contributed by atoms with Crippen molar-refractivity contribution in [3.63, 3.8) is 0 Å². The Bertz CT molecular complexity index is 1360. The van der Waals surface area contributed by atoms with E-state index in [-0.39, 0.29) is 29.0 Å². The summed E-state index contributed by atoms with van der Waals surface area (Å²) in [7, 11) is 0. The van der Waals surface area contributed by atoms with Gasteiger partial charge in [-0.1, -0.05) is 102 Å². The highest BCUT2D eigenvalue weighted by molar-refractivity contribution is 5.91. The van der Waals surface area contributed by atoms with Crippen LogP contribution in [-0.2, 0) is 22.2 Å². The van der Waals surface area contributed by atoms with Gasteiger partial charge in [-0.05, 0) is 59.8 Å². The third-order valence-electron chi connectivity index (χ3n) is 8.42. The minimum Gasteiger partial charge on any atom is -0.493 e. The normalized spacial score (nSPS) is 12.0. The number of nitro groups is 1. The molecule has 42 heavy (non-hydrogen) atoms. The first-order valence-corrected chi connectivity index (χ1v) is 15.0. The number of hydrogen-bond donors (Lipinski definition) is 0. The van der Waals surface area contributed by atoms with Gasteiger partial charge < -0.3 is 9.64 Å². The Morgan fingerprint density at radius 3 is 2.24 bits per heavy atom. The molecule has 3 rings (SSSR count). The highest BCUT2D eigenvalue weighted by atomic mass is 16.6. The fourth-order valence-corrected chi connectivity index (χ4v) is 4.72. The number of nitro benzene ring substituents is 1. The first-order chi connectivity index (χ1) is 20.0. The molecule has 6 heteroatoms. The van der Waals surface area contributed by atoms with Crippen molar-refractivity contribution in [1.82, 2.24) is 4.90 Å². The molecule has 6 nitrogen and oxygen atoms in total. The van der Waals surface area contributed by atoms with Crippen LogP contribution in [0.2, 0.25) is 0 Å². The summed E-state index contributed by atoms with van der Waals surface area (Å²) in [6.07, 6.45) is 6.83. The van der Waals surface area contributed by atoms with Crippen molar-refractivity contribution in [1.29, 1.82) is 0 Å². The average molecular weight is 571 g/mol. The summed E-state index contributed by atoms with van der Waals surface area (Å²) >= 11 is 0. The summed E-state index contributed by atoms with van der Waals surface area (Å²) in [5.41, 5.74) is 4.08. The quantitative estimate of drug-likeness (QED) is 0.0792. The third-order valence-corrected chi connectivity index (χ3v) is 8.42. The second-order valence-corrected chi connectivity index (χ2v) is 12.1. The van der Waals surface area contributed by atoms with Crippen LogP contribution >= 0.6 is 0 Å². The van der Waals surface area contributed by atoms with Crippen LogP contribution in [0.15, 0.2) is 78.9 Å². The van der Waals surface area contributed by atoms with E-state index in [1.54, 1.807) is 35.3 Å². The van der Waals surface area contributed by atoms with Gasteiger partial charge in [-0.15, -0.1) is 0 Å². The molecule has 0 N–H and O–H groups in total. The maximum absolute atomic E-state index is 13.3. The summed E-state index contributed by atoms with van der Waals surface area (Å²) in [5, 5.41) is 11.6. The van der Waals surface area contributed by atoms with E-state index in [4.69, 9.17) is 4.74 Å². The van der Waals surface area contributed by atoms with Crippen LogP contribution in [-0.4, -0.2) is 28.9 Å². The van der Waals surface area contributed by atoms with Crippen LogP contribution in [0.25, 0.3) is 6.08 Å². The molecule has 3 aromatic rings. The fourth-order valence-electron chi connectivity index (χ4n) is 4.72. The number of para-hydroxylation sites is 1. The minimum atomic E-state index is -0.395. The molecule has 0 fully saturated rings. The van der Waals surface area contributed by atoms with Crippen LogP contribution < -0.4 is 4.74 Å². The SMILES string of the molecule is CCC(C)(C)c1ccc(OCCCCN(Cc2ccccc2[N+](=O)[O-])C(=O)/C=C/c2ccccc2)c(C(C)(C)CC)c1.